The molecule has 9 nitrogen and oxygen atoms in total. The van der Waals surface area contributed by atoms with E-state index in [0.717, 1.165) is 42.5 Å². The van der Waals surface area contributed by atoms with Crippen LogP contribution >= 0.6 is 11.3 Å². The zero-order chi connectivity index (χ0) is 22.0. The first-order chi connectivity index (χ1) is 15.0. The van der Waals surface area contributed by atoms with Crippen LogP contribution in [-0.2, 0) is 17.6 Å². The standard InChI is InChI=1S/C21H24N4O5S/c22-19(26)18-14-4-2-1-3-5-17(14)31-21(18)23-20(27)15-12-13(25(28)29)6-7-16(15)24-8-10-30-11-9-24/h6-7,12H,1-5,8-11H2,(H2,22,26)(H,23,27). The molecule has 1 aliphatic heterocycles. The van der Waals surface area contributed by atoms with Gasteiger partial charge in [0.25, 0.3) is 17.5 Å². The number of primary amides is 1. The molecule has 3 N–H and O–H groups in total. The molecule has 2 aliphatic rings. The van der Waals surface area contributed by atoms with Crippen molar-refractivity contribution < 1.29 is 19.2 Å². The van der Waals surface area contributed by atoms with Crippen LogP contribution < -0.4 is 16.0 Å². The van der Waals surface area contributed by atoms with Crippen LogP contribution in [0.1, 0.15) is 50.4 Å². The lowest BCUT2D eigenvalue weighted by molar-refractivity contribution is -0.384. The molecule has 2 aromatic rings. The summed E-state index contributed by atoms with van der Waals surface area (Å²) in [6.45, 7) is 2.19. The van der Waals surface area contributed by atoms with E-state index in [4.69, 9.17) is 10.5 Å². The van der Waals surface area contributed by atoms with E-state index in [9.17, 15) is 19.7 Å². The minimum absolute atomic E-state index is 0.167. The molecule has 4 rings (SSSR count). The molecule has 31 heavy (non-hydrogen) atoms. The second kappa shape index (κ2) is 9.03. The molecule has 0 radical (unpaired) electrons. The first-order valence-corrected chi connectivity index (χ1v) is 11.1. The maximum atomic E-state index is 13.3. The lowest BCUT2D eigenvalue weighted by atomic mass is 10.0. The highest BCUT2D eigenvalue weighted by molar-refractivity contribution is 7.17. The maximum Gasteiger partial charge on any atom is 0.270 e. The van der Waals surface area contributed by atoms with Gasteiger partial charge in [-0.3, -0.25) is 19.7 Å². The fraction of sp³-hybridized carbons (Fsp3) is 0.429. The molecule has 0 spiro atoms. The number of anilines is 2. The van der Waals surface area contributed by atoms with E-state index in [-0.39, 0.29) is 11.3 Å². The van der Waals surface area contributed by atoms with Crippen molar-refractivity contribution in [2.75, 3.05) is 36.5 Å². The molecule has 1 aromatic heterocycles. The van der Waals surface area contributed by atoms with Crippen LogP contribution in [-0.4, -0.2) is 43.0 Å². The van der Waals surface area contributed by atoms with Gasteiger partial charge < -0.3 is 20.7 Å². The number of hydrogen-bond acceptors (Lipinski definition) is 7. The van der Waals surface area contributed by atoms with Gasteiger partial charge in [-0.2, -0.15) is 0 Å². The highest BCUT2D eigenvalue weighted by Crippen LogP contribution is 2.38. The molecule has 0 saturated carbocycles. The summed E-state index contributed by atoms with van der Waals surface area (Å²) in [6, 6.07) is 4.27. The third-order valence-corrected chi connectivity index (χ3v) is 6.89. The summed E-state index contributed by atoms with van der Waals surface area (Å²) in [5.74, 6) is -1.06. The van der Waals surface area contributed by atoms with Crippen LogP contribution in [0.2, 0.25) is 0 Å². The molecule has 10 heteroatoms. The van der Waals surface area contributed by atoms with E-state index in [2.05, 4.69) is 5.32 Å². The minimum Gasteiger partial charge on any atom is -0.378 e. The first kappa shape index (κ1) is 21.3. The van der Waals surface area contributed by atoms with E-state index >= 15 is 0 Å². The Balaban J connectivity index is 1.70. The number of carbonyl (C=O) groups is 2. The van der Waals surface area contributed by atoms with Gasteiger partial charge in [0.15, 0.2) is 0 Å². The lowest BCUT2D eigenvalue weighted by Gasteiger charge is -2.30. The predicted octanol–water partition coefficient (Wildman–Crippen LogP) is 3.11. The van der Waals surface area contributed by atoms with Gasteiger partial charge >= 0.3 is 0 Å². The monoisotopic (exact) mass is 444 g/mol. The molecule has 0 bridgehead atoms. The Hall–Kier alpha value is -2.98. The van der Waals surface area contributed by atoms with Crippen molar-refractivity contribution in [3.05, 3.63) is 49.9 Å². The highest BCUT2D eigenvalue weighted by atomic mass is 32.1. The van der Waals surface area contributed by atoms with Crippen molar-refractivity contribution >= 4 is 39.5 Å². The van der Waals surface area contributed by atoms with Crippen LogP contribution in [0.5, 0.6) is 0 Å². The number of nitrogens with two attached hydrogens (primary N) is 1. The number of carbonyl (C=O) groups excluding carboxylic acids is 2. The van der Waals surface area contributed by atoms with Crippen molar-refractivity contribution in [2.24, 2.45) is 5.73 Å². The number of non-ortho nitro benzene ring substituents is 1. The van der Waals surface area contributed by atoms with Gasteiger partial charge in [0.1, 0.15) is 5.00 Å². The number of nitro groups is 1. The number of aryl methyl sites for hydroxylation is 1. The first-order valence-electron chi connectivity index (χ1n) is 10.3. The van der Waals surface area contributed by atoms with Gasteiger partial charge in [0.2, 0.25) is 0 Å². The number of hydrogen-bond donors (Lipinski definition) is 2. The average molecular weight is 445 g/mol. The maximum absolute atomic E-state index is 13.3. The Morgan fingerprint density at radius 1 is 1.16 bits per heavy atom. The van der Waals surface area contributed by atoms with Crippen LogP contribution in [0, 0.1) is 10.1 Å². The van der Waals surface area contributed by atoms with Gasteiger partial charge in [0.05, 0.1) is 35.0 Å². The SMILES string of the molecule is NC(=O)c1c(NC(=O)c2cc([N+](=O)[O-])ccc2N2CCOCC2)sc2c1CCCCC2. The summed E-state index contributed by atoms with van der Waals surface area (Å²) in [5, 5.41) is 14.6. The van der Waals surface area contributed by atoms with Crippen LogP contribution in [0.4, 0.5) is 16.4 Å². The fourth-order valence-electron chi connectivity index (χ4n) is 4.16. The third-order valence-electron chi connectivity index (χ3n) is 5.68. The van der Waals surface area contributed by atoms with Gasteiger partial charge in [-0.25, -0.2) is 0 Å². The second-order valence-corrected chi connectivity index (χ2v) is 8.75. The van der Waals surface area contributed by atoms with Crippen molar-refractivity contribution in [2.45, 2.75) is 32.1 Å². The Bertz CT molecular complexity index is 1030. The summed E-state index contributed by atoms with van der Waals surface area (Å²) in [5.41, 5.74) is 7.59. The fourth-order valence-corrected chi connectivity index (χ4v) is 5.45. The molecular weight excluding hydrogens is 420 g/mol. The van der Waals surface area contributed by atoms with Crippen LogP contribution in [0.25, 0.3) is 0 Å². The number of morpholine rings is 1. The molecule has 1 fully saturated rings. The van der Waals surface area contributed by atoms with Crippen molar-refractivity contribution in [3.63, 3.8) is 0 Å². The number of amides is 2. The summed E-state index contributed by atoms with van der Waals surface area (Å²) in [6.07, 6.45) is 4.72. The Kier molecular flexibility index (Phi) is 6.19. The number of nitrogens with zero attached hydrogens (tertiary/aromatic N) is 2. The van der Waals surface area contributed by atoms with Crippen molar-refractivity contribution in [3.8, 4) is 0 Å². The largest absolute Gasteiger partial charge is 0.378 e. The summed E-state index contributed by atoms with van der Waals surface area (Å²) in [4.78, 5) is 39.3. The number of benzene rings is 1. The summed E-state index contributed by atoms with van der Waals surface area (Å²) >= 11 is 1.38. The van der Waals surface area contributed by atoms with E-state index in [0.29, 0.717) is 42.6 Å². The molecule has 1 aliphatic carbocycles. The molecule has 1 saturated heterocycles. The van der Waals surface area contributed by atoms with Gasteiger partial charge in [-0.1, -0.05) is 6.42 Å². The van der Waals surface area contributed by atoms with E-state index in [1.165, 1.54) is 23.5 Å². The zero-order valence-electron chi connectivity index (χ0n) is 17.0. The molecule has 2 amide bonds. The average Bonchev–Trinajstić information content (AvgIpc) is 2.94. The Labute approximate surface area is 183 Å². The number of ether oxygens (including phenoxy) is 1. The summed E-state index contributed by atoms with van der Waals surface area (Å²) < 4.78 is 5.38. The Morgan fingerprint density at radius 2 is 1.90 bits per heavy atom. The number of nitro benzene ring substituents is 1. The van der Waals surface area contributed by atoms with Crippen LogP contribution in [0.15, 0.2) is 18.2 Å². The zero-order valence-corrected chi connectivity index (χ0v) is 17.8. The lowest BCUT2D eigenvalue weighted by Crippen LogP contribution is -2.37. The second-order valence-electron chi connectivity index (χ2n) is 7.64. The summed E-state index contributed by atoms with van der Waals surface area (Å²) in [7, 11) is 0. The minimum atomic E-state index is -0.567. The Morgan fingerprint density at radius 3 is 2.61 bits per heavy atom. The van der Waals surface area contributed by atoms with Crippen LogP contribution in [0.3, 0.4) is 0 Å². The molecular formula is C21H24N4O5S. The van der Waals surface area contributed by atoms with Gasteiger partial charge in [0, 0.05) is 30.1 Å². The third kappa shape index (κ3) is 4.40. The number of rotatable bonds is 5. The predicted molar refractivity (Wildman–Crippen MR) is 118 cm³/mol. The molecule has 0 unspecified atom stereocenters. The van der Waals surface area contributed by atoms with E-state index in [1.54, 1.807) is 6.07 Å². The van der Waals surface area contributed by atoms with Crippen molar-refractivity contribution in [1.82, 2.24) is 0 Å². The topological polar surface area (TPSA) is 128 Å². The van der Waals surface area contributed by atoms with Gasteiger partial charge in [-0.15, -0.1) is 11.3 Å². The quantitative estimate of drug-likeness (QED) is 0.414. The smallest absolute Gasteiger partial charge is 0.270 e. The number of nitrogens with one attached hydrogen (secondary N) is 1. The number of fused-ring (bicyclic) bond motifs is 1. The van der Waals surface area contributed by atoms with Crippen molar-refractivity contribution in [1.29, 1.82) is 0 Å². The van der Waals surface area contributed by atoms with Gasteiger partial charge in [-0.05, 0) is 37.3 Å². The van der Waals surface area contributed by atoms with E-state index < -0.39 is 16.7 Å². The molecule has 0 atom stereocenters. The number of thiophene rings is 1. The molecule has 1 aromatic carbocycles. The highest BCUT2D eigenvalue weighted by Gasteiger charge is 2.27. The molecule has 2 heterocycles. The van der Waals surface area contributed by atoms with E-state index in [1.807, 2.05) is 4.90 Å². The molecule has 164 valence electrons. The normalized spacial score (nSPS) is 16.3.